The molecule has 3 rings (SSSR count). The zero-order chi connectivity index (χ0) is 18.7. The Morgan fingerprint density at radius 1 is 1.27 bits per heavy atom. The van der Waals surface area contributed by atoms with Crippen LogP contribution in [0.4, 0.5) is 5.69 Å². The summed E-state index contributed by atoms with van der Waals surface area (Å²) in [5, 5.41) is 0. The van der Waals surface area contributed by atoms with Gasteiger partial charge in [-0.2, -0.15) is 0 Å². The minimum absolute atomic E-state index is 0.297. The van der Waals surface area contributed by atoms with Crippen LogP contribution in [0.2, 0.25) is 0 Å². The van der Waals surface area contributed by atoms with Crippen LogP contribution in [0.15, 0.2) is 35.9 Å². The minimum Gasteiger partial charge on any atom is -0.462 e. The summed E-state index contributed by atoms with van der Waals surface area (Å²) in [5.41, 5.74) is 1.24. The molecule has 6 nitrogen and oxygen atoms in total. The number of benzene rings is 1. The number of nitrogens with zero attached hydrogens (tertiary/aromatic N) is 1. The second-order valence-corrected chi connectivity index (χ2v) is 6.67. The molecule has 2 amide bonds. The van der Waals surface area contributed by atoms with Gasteiger partial charge in [0, 0.05) is 17.6 Å². The first-order valence-corrected chi connectivity index (χ1v) is 8.96. The van der Waals surface area contributed by atoms with Crippen molar-refractivity contribution in [2.24, 2.45) is 5.92 Å². The fourth-order valence-corrected chi connectivity index (χ4v) is 3.18. The van der Waals surface area contributed by atoms with Crippen LogP contribution in [0.5, 0.6) is 0 Å². The molecule has 0 spiro atoms. The number of hydrogen-bond acceptors (Lipinski definition) is 5. The highest BCUT2D eigenvalue weighted by Crippen LogP contribution is 2.27. The summed E-state index contributed by atoms with van der Waals surface area (Å²) in [5.74, 6) is -0.487. The van der Waals surface area contributed by atoms with Gasteiger partial charge in [0.25, 0.3) is 11.8 Å². The molecule has 1 fully saturated rings. The highest BCUT2D eigenvalue weighted by molar-refractivity contribution is 6.30. The van der Waals surface area contributed by atoms with Gasteiger partial charge in [-0.05, 0) is 50.5 Å². The maximum absolute atomic E-state index is 12.1. The van der Waals surface area contributed by atoms with Crippen molar-refractivity contribution in [1.29, 1.82) is 0 Å². The summed E-state index contributed by atoms with van der Waals surface area (Å²) in [6.07, 6.45) is 4.39. The molecule has 0 aromatic heterocycles. The van der Waals surface area contributed by atoms with Crippen LogP contribution < -0.4 is 4.90 Å². The van der Waals surface area contributed by atoms with E-state index in [1.165, 1.54) is 6.08 Å². The molecular formula is C20H23NO5. The number of esters is 1. The first-order valence-electron chi connectivity index (χ1n) is 8.96. The smallest absolute Gasteiger partial charge is 0.338 e. The summed E-state index contributed by atoms with van der Waals surface area (Å²) >= 11 is 0. The van der Waals surface area contributed by atoms with Crippen LogP contribution in [0.1, 0.15) is 43.5 Å². The van der Waals surface area contributed by atoms with E-state index in [4.69, 9.17) is 9.47 Å². The molecular weight excluding hydrogens is 334 g/mol. The van der Waals surface area contributed by atoms with E-state index in [0.717, 1.165) is 30.8 Å². The summed E-state index contributed by atoms with van der Waals surface area (Å²) < 4.78 is 10.8. The molecule has 2 aliphatic rings. The standard InChI is InChI=1S/C20H23NO5/c1-3-14-12-26-17(14)5-4-10-25-20(24)15-6-8-16(9-7-15)21-18(22)11-13(2)19(21)23/h6-9,11,14,17H,3-5,10,12H2,1-2H3. The number of carbonyl (C=O) groups is 3. The monoisotopic (exact) mass is 357 g/mol. The lowest BCUT2D eigenvalue weighted by Gasteiger charge is -2.36. The Kier molecular flexibility index (Phi) is 5.52. The Morgan fingerprint density at radius 2 is 2.00 bits per heavy atom. The fraction of sp³-hybridized carbons (Fsp3) is 0.450. The molecule has 138 valence electrons. The van der Waals surface area contributed by atoms with Gasteiger partial charge >= 0.3 is 5.97 Å². The Hall–Kier alpha value is -2.47. The highest BCUT2D eigenvalue weighted by atomic mass is 16.5. The lowest BCUT2D eigenvalue weighted by Crippen LogP contribution is -2.39. The van der Waals surface area contributed by atoms with E-state index in [1.54, 1.807) is 31.2 Å². The molecule has 0 radical (unpaired) electrons. The topological polar surface area (TPSA) is 72.9 Å². The van der Waals surface area contributed by atoms with Crippen molar-refractivity contribution in [1.82, 2.24) is 0 Å². The van der Waals surface area contributed by atoms with Crippen molar-refractivity contribution >= 4 is 23.5 Å². The second kappa shape index (κ2) is 7.83. The first-order chi connectivity index (χ1) is 12.5. The van der Waals surface area contributed by atoms with E-state index in [0.29, 0.717) is 35.5 Å². The molecule has 1 saturated heterocycles. The molecule has 2 unspecified atom stereocenters. The minimum atomic E-state index is -0.411. The molecule has 0 N–H and O–H groups in total. The molecule has 2 heterocycles. The van der Waals surface area contributed by atoms with Crippen LogP contribution in [0, 0.1) is 5.92 Å². The van der Waals surface area contributed by atoms with Crippen molar-refractivity contribution in [3.63, 3.8) is 0 Å². The Balaban J connectivity index is 1.48. The molecule has 1 aromatic carbocycles. The van der Waals surface area contributed by atoms with Crippen molar-refractivity contribution in [3.05, 3.63) is 41.5 Å². The second-order valence-electron chi connectivity index (χ2n) is 6.67. The van der Waals surface area contributed by atoms with Gasteiger partial charge in [-0.3, -0.25) is 9.59 Å². The third kappa shape index (κ3) is 3.70. The van der Waals surface area contributed by atoms with E-state index in [2.05, 4.69) is 6.92 Å². The van der Waals surface area contributed by atoms with Crippen molar-refractivity contribution in [2.75, 3.05) is 18.1 Å². The van der Waals surface area contributed by atoms with Gasteiger partial charge in [0.1, 0.15) is 0 Å². The summed E-state index contributed by atoms with van der Waals surface area (Å²) in [4.78, 5) is 37.0. The maximum atomic E-state index is 12.1. The number of rotatable bonds is 7. The molecule has 2 aliphatic heterocycles. The Labute approximate surface area is 152 Å². The third-order valence-corrected chi connectivity index (χ3v) is 4.90. The lowest BCUT2D eigenvalue weighted by molar-refractivity contribution is -0.120. The van der Waals surface area contributed by atoms with E-state index in [9.17, 15) is 14.4 Å². The zero-order valence-electron chi connectivity index (χ0n) is 15.1. The largest absolute Gasteiger partial charge is 0.462 e. The fourth-order valence-electron chi connectivity index (χ4n) is 3.18. The van der Waals surface area contributed by atoms with Gasteiger partial charge in [-0.25, -0.2) is 9.69 Å². The summed E-state index contributed by atoms with van der Waals surface area (Å²) in [6.45, 7) is 4.95. The lowest BCUT2D eigenvalue weighted by atomic mass is 9.92. The molecule has 26 heavy (non-hydrogen) atoms. The average molecular weight is 357 g/mol. The molecule has 1 aromatic rings. The third-order valence-electron chi connectivity index (χ3n) is 4.90. The van der Waals surface area contributed by atoms with Crippen LogP contribution in [0.3, 0.4) is 0 Å². The first kappa shape index (κ1) is 18.3. The quantitative estimate of drug-likeness (QED) is 0.426. The zero-order valence-corrected chi connectivity index (χ0v) is 15.1. The number of carbonyl (C=O) groups excluding carboxylic acids is 3. The van der Waals surface area contributed by atoms with Crippen LogP contribution in [0.25, 0.3) is 0 Å². The predicted molar refractivity (Wildman–Crippen MR) is 95.7 cm³/mol. The van der Waals surface area contributed by atoms with E-state index in [1.807, 2.05) is 0 Å². The average Bonchev–Trinajstić information content (AvgIpc) is 2.86. The Bertz CT molecular complexity index is 735. The van der Waals surface area contributed by atoms with Gasteiger partial charge in [0.15, 0.2) is 0 Å². The number of anilines is 1. The van der Waals surface area contributed by atoms with Crippen LogP contribution in [-0.4, -0.2) is 37.1 Å². The SMILES string of the molecule is CCC1COC1CCCOC(=O)c1ccc(N2C(=O)C=C(C)C2=O)cc1. The molecule has 0 aliphatic carbocycles. The number of ether oxygens (including phenoxy) is 2. The van der Waals surface area contributed by atoms with Crippen LogP contribution >= 0.6 is 0 Å². The predicted octanol–water partition coefficient (Wildman–Crippen LogP) is 2.87. The molecule has 0 saturated carbocycles. The molecule has 2 atom stereocenters. The van der Waals surface area contributed by atoms with Gasteiger partial charge in [0.2, 0.25) is 0 Å². The number of hydrogen-bond donors (Lipinski definition) is 0. The van der Waals surface area contributed by atoms with Gasteiger partial charge in [0.05, 0.1) is 30.6 Å². The normalized spacial score (nSPS) is 22.2. The van der Waals surface area contributed by atoms with Gasteiger partial charge in [-0.15, -0.1) is 0 Å². The van der Waals surface area contributed by atoms with Crippen molar-refractivity contribution in [3.8, 4) is 0 Å². The summed E-state index contributed by atoms with van der Waals surface area (Å²) in [7, 11) is 0. The van der Waals surface area contributed by atoms with Crippen LogP contribution in [-0.2, 0) is 19.1 Å². The summed E-state index contributed by atoms with van der Waals surface area (Å²) in [6, 6.07) is 6.28. The van der Waals surface area contributed by atoms with E-state index in [-0.39, 0.29) is 11.8 Å². The van der Waals surface area contributed by atoms with E-state index < -0.39 is 5.97 Å². The molecule has 6 heteroatoms. The van der Waals surface area contributed by atoms with E-state index >= 15 is 0 Å². The van der Waals surface area contributed by atoms with Gasteiger partial charge in [-0.1, -0.05) is 6.92 Å². The maximum Gasteiger partial charge on any atom is 0.338 e. The van der Waals surface area contributed by atoms with Gasteiger partial charge < -0.3 is 9.47 Å². The number of amides is 2. The number of imide groups is 1. The van der Waals surface area contributed by atoms with Crippen molar-refractivity contribution < 1.29 is 23.9 Å². The van der Waals surface area contributed by atoms with Crippen molar-refractivity contribution in [2.45, 2.75) is 39.2 Å². The molecule has 0 bridgehead atoms. The highest BCUT2D eigenvalue weighted by Gasteiger charge is 2.30. The Morgan fingerprint density at radius 3 is 2.54 bits per heavy atom.